The largest absolute Gasteiger partial charge is 0.491 e. The first-order valence-electron chi connectivity index (χ1n) is 8.88. The van der Waals surface area contributed by atoms with Crippen LogP contribution in [0.4, 0.5) is 0 Å². The molecule has 0 bridgehead atoms. The lowest BCUT2D eigenvalue weighted by Gasteiger charge is -2.23. The number of rotatable bonds is 8. The number of nitrogens with zero attached hydrogens (tertiary/aromatic N) is 3. The molecule has 1 amide bonds. The second kappa shape index (κ2) is 12.6. The van der Waals surface area contributed by atoms with Crippen molar-refractivity contribution in [2.24, 2.45) is 4.99 Å². The fourth-order valence-corrected chi connectivity index (χ4v) is 2.94. The lowest BCUT2D eigenvalue weighted by molar-refractivity contribution is -0.127. The van der Waals surface area contributed by atoms with Gasteiger partial charge in [-0.1, -0.05) is 24.3 Å². The molecule has 0 aliphatic heterocycles. The number of aliphatic imine (C=N–C) groups is 1. The second-order valence-corrected chi connectivity index (χ2v) is 7.43. The number of halogens is 1. The number of nitrogens with one attached hydrogen (secondary N) is 1. The Labute approximate surface area is 188 Å². The Balaban J connectivity index is 0.00000392. The highest BCUT2D eigenvalue weighted by molar-refractivity contribution is 14.0. The number of carbonyl (C=O) groups is 1. The second-order valence-electron chi connectivity index (χ2n) is 6.40. The molecule has 1 aromatic heterocycles. The topological polar surface area (TPSA) is 57.2 Å². The third-order valence-corrected chi connectivity index (χ3v) is 4.88. The van der Waals surface area contributed by atoms with Gasteiger partial charge in [0.2, 0.25) is 5.91 Å². The van der Waals surface area contributed by atoms with Crippen molar-refractivity contribution < 1.29 is 9.53 Å². The minimum Gasteiger partial charge on any atom is -0.491 e. The summed E-state index contributed by atoms with van der Waals surface area (Å²) in [4.78, 5) is 21.1. The van der Waals surface area contributed by atoms with Crippen molar-refractivity contribution in [2.45, 2.75) is 13.5 Å². The third kappa shape index (κ3) is 8.05. The van der Waals surface area contributed by atoms with E-state index in [2.05, 4.69) is 16.4 Å². The first-order chi connectivity index (χ1) is 13.0. The van der Waals surface area contributed by atoms with Gasteiger partial charge in [0.1, 0.15) is 18.9 Å². The van der Waals surface area contributed by atoms with Gasteiger partial charge >= 0.3 is 0 Å². The Morgan fingerprint density at radius 1 is 1.18 bits per heavy atom. The van der Waals surface area contributed by atoms with Crippen LogP contribution in [0, 0.1) is 6.92 Å². The zero-order valence-corrected chi connectivity index (χ0v) is 20.0. The van der Waals surface area contributed by atoms with Gasteiger partial charge in [-0.25, -0.2) is 4.99 Å². The van der Waals surface area contributed by atoms with E-state index in [0.29, 0.717) is 25.7 Å². The number of likely N-dealkylation sites (N-methyl/N-ethyl adjacent to an activating group) is 2. The van der Waals surface area contributed by atoms with E-state index in [-0.39, 0.29) is 36.4 Å². The summed E-state index contributed by atoms with van der Waals surface area (Å²) in [7, 11) is 5.41. The molecular weight excluding hydrogens is 487 g/mol. The Kier molecular flexibility index (Phi) is 10.9. The number of hydrogen-bond acceptors (Lipinski definition) is 4. The number of para-hydroxylation sites is 1. The molecule has 1 heterocycles. The molecule has 0 saturated heterocycles. The van der Waals surface area contributed by atoms with Crippen LogP contribution in [-0.2, 0) is 11.3 Å². The normalized spacial score (nSPS) is 10.8. The smallest absolute Gasteiger partial charge is 0.243 e. The first kappa shape index (κ1) is 24.2. The zero-order valence-electron chi connectivity index (χ0n) is 16.8. The fourth-order valence-electron chi connectivity index (χ4n) is 2.29. The minimum atomic E-state index is -0.0324. The monoisotopic (exact) mass is 516 g/mol. The van der Waals surface area contributed by atoms with E-state index >= 15 is 0 Å². The van der Waals surface area contributed by atoms with Crippen molar-refractivity contribution in [1.82, 2.24) is 15.1 Å². The summed E-state index contributed by atoms with van der Waals surface area (Å²) in [5.74, 6) is 1.54. The maximum Gasteiger partial charge on any atom is 0.243 e. The van der Waals surface area contributed by atoms with Crippen LogP contribution in [0.1, 0.15) is 10.4 Å². The maximum atomic E-state index is 11.9. The van der Waals surface area contributed by atoms with Gasteiger partial charge in [0, 0.05) is 26.0 Å². The molecule has 0 saturated carbocycles. The number of hydrogen-bond donors (Lipinski definition) is 1. The van der Waals surface area contributed by atoms with E-state index in [1.165, 1.54) is 4.88 Å². The highest BCUT2D eigenvalue weighted by atomic mass is 127. The molecule has 0 aliphatic rings. The van der Waals surface area contributed by atoms with Crippen LogP contribution in [0.3, 0.4) is 0 Å². The molecule has 2 aromatic rings. The van der Waals surface area contributed by atoms with Gasteiger partial charge in [-0.3, -0.25) is 4.79 Å². The third-order valence-electron chi connectivity index (χ3n) is 4.00. The van der Waals surface area contributed by atoms with Gasteiger partial charge in [-0.05, 0) is 30.0 Å². The Hall–Kier alpha value is -1.81. The highest BCUT2D eigenvalue weighted by Gasteiger charge is 2.10. The fraction of sp³-hybridized carbons (Fsp3) is 0.400. The summed E-state index contributed by atoms with van der Waals surface area (Å²) < 4.78 is 5.87. The van der Waals surface area contributed by atoms with Crippen LogP contribution < -0.4 is 10.1 Å². The molecule has 0 spiro atoms. The Bertz CT molecular complexity index is 750. The average molecular weight is 516 g/mol. The summed E-state index contributed by atoms with van der Waals surface area (Å²) in [5.41, 5.74) is 1.11. The number of ether oxygens (including phenoxy) is 1. The summed E-state index contributed by atoms with van der Waals surface area (Å²) in [5, 5.41) is 5.38. The molecule has 8 heteroatoms. The molecule has 0 unspecified atom stereocenters. The first-order valence-corrected chi connectivity index (χ1v) is 9.75. The minimum absolute atomic E-state index is 0. The molecule has 0 aliphatic carbocycles. The number of thiophene rings is 1. The van der Waals surface area contributed by atoms with Gasteiger partial charge in [0.25, 0.3) is 0 Å². The van der Waals surface area contributed by atoms with E-state index in [1.54, 1.807) is 30.3 Å². The standard InChI is InChI=1S/C20H28N4O2S.HI/c1-16-8-5-6-10-18(16)26-12-11-24(4)20(22-15-19(25)23(2)3)21-14-17-9-7-13-27-17;/h5-10,13H,11-12,14-15H2,1-4H3,(H,21,22);1H. The van der Waals surface area contributed by atoms with Crippen molar-refractivity contribution in [3.8, 4) is 5.75 Å². The Morgan fingerprint density at radius 2 is 1.93 bits per heavy atom. The van der Waals surface area contributed by atoms with Gasteiger partial charge in [-0.15, -0.1) is 35.3 Å². The molecule has 0 fully saturated rings. The summed E-state index contributed by atoms with van der Waals surface area (Å²) in [6, 6.07) is 12.1. The number of aryl methyl sites for hydroxylation is 1. The molecular formula is C20H29IN4O2S. The highest BCUT2D eigenvalue weighted by Crippen LogP contribution is 2.15. The van der Waals surface area contributed by atoms with E-state index in [1.807, 2.05) is 54.6 Å². The average Bonchev–Trinajstić information content (AvgIpc) is 3.16. The van der Waals surface area contributed by atoms with Crippen molar-refractivity contribution >= 4 is 47.2 Å². The molecule has 0 radical (unpaired) electrons. The van der Waals surface area contributed by atoms with Crippen LogP contribution >= 0.6 is 35.3 Å². The predicted molar refractivity (Wildman–Crippen MR) is 127 cm³/mol. The molecule has 6 nitrogen and oxygen atoms in total. The van der Waals surface area contributed by atoms with Crippen LogP contribution in [0.15, 0.2) is 46.8 Å². The maximum absolute atomic E-state index is 11.9. The summed E-state index contributed by atoms with van der Waals surface area (Å²) >= 11 is 1.69. The summed E-state index contributed by atoms with van der Waals surface area (Å²) in [6.45, 7) is 4.00. The van der Waals surface area contributed by atoms with Gasteiger partial charge in [-0.2, -0.15) is 0 Å². The molecule has 28 heavy (non-hydrogen) atoms. The Morgan fingerprint density at radius 3 is 2.57 bits per heavy atom. The molecule has 0 atom stereocenters. The molecule has 154 valence electrons. The quantitative estimate of drug-likeness (QED) is 0.333. The molecule has 1 N–H and O–H groups in total. The van der Waals surface area contributed by atoms with Gasteiger partial charge < -0.3 is 19.9 Å². The summed E-state index contributed by atoms with van der Waals surface area (Å²) in [6.07, 6.45) is 0. The van der Waals surface area contributed by atoms with Gasteiger partial charge in [0.05, 0.1) is 13.1 Å². The van der Waals surface area contributed by atoms with Crippen molar-refractivity contribution in [3.05, 3.63) is 52.2 Å². The lowest BCUT2D eigenvalue weighted by Crippen LogP contribution is -2.41. The van der Waals surface area contributed by atoms with E-state index < -0.39 is 0 Å². The SMILES string of the molecule is Cc1ccccc1OCCN(C)C(=NCC(=O)N(C)C)NCc1cccs1.I. The number of benzene rings is 1. The molecule has 1 aromatic carbocycles. The van der Waals surface area contributed by atoms with E-state index in [4.69, 9.17) is 4.74 Å². The zero-order chi connectivity index (χ0) is 19.6. The van der Waals surface area contributed by atoms with Gasteiger partial charge in [0.15, 0.2) is 5.96 Å². The predicted octanol–water partition coefficient (Wildman–Crippen LogP) is 3.22. The van der Waals surface area contributed by atoms with Crippen molar-refractivity contribution in [2.75, 3.05) is 40.8 Å². The van der Waals surface area contributed by atoms with Crippen molar-refractivity contribution in [1.29, 1.82) is 0 Å². The molecule has 2 rings (SSSR count). The van der Waals surface area contributed by atoms with Crippen molar-refractivity contribution in [3.63, 3.8) is 0 Å². The van der Waals surface area contributed by atoms with Crippen LogP contribution in [-0.4, -0.2) is 62.5 Å². The number of amides is 1. The van der Waals surface area contributed by atoms with Crippen LogP contribution in [0.25, 0.3) is 0 Å². The number of carbonyl (C=O) groups excluding carboxylic acids is 1. The van der Waals surface area contributed by atoms with Crippen LogP contribution in [0.2, 0.25) is 0 Å². The lowest BCUT2D eigenvalue weighted by atomic mass is 10.2. The van der Waals surface area contributed by atoms with Crippen LogP contribution in [0.5, 0.6) is 5.75 Å². The van der Waals surface area contributed by atoms with E-state index in [9.17, 15) is 4.79 Å². The number of guanidine groups is 1. The van der Waals surface area contributed by atoms with E-state index in [0.717, 1.165) is 11.3 Å².